The fourth-order valence-electron chi connectivity index (χ4n) is 5.21. The number of anilines is 2. The van der Waals surface area contributed by atoms with E-state index >= 15 is 0 Å². The van der Waals surface area contributed by atoms with E-state index in [4.69, 9.17) is 10.5 Å². The number of benzene rings is 3. The third-order valence-corrected chi connectivity index (χ3v) is 9.98. The van der Waals surface area contributed by atoms with Gasteiger partial charge in [-0.25, -0.2) is 13.2 Å². The Morgan fingerprint density at radius 1 is 0.932 bits per heavy atom. The molecule has 0 radical (unpaired) electrons. The van der Waals surface area contributed by atoms with E-state index in [2.05, 4.69) is 31.5 Å². The van der Waals surface area contributed by atoms with Crippen LogP contribution in [0.1, 0.15) is 23.6 Å². The highest BCUT2D eigenvalue weighted by Crippen LogP contribution is 2.31. The smallest absolute Gasteiger partial charge is 0.315 e. The van der Waals surface area contributed by atoms with E-state index in [-0.39, 0.29) is 24.0 Å². The largest absolute Gasteiger partial charge is 0.492 e. The molecule has 3 aromatic rings. The summed E-state index contributed by atoms with van der Waals surface area (Å²) in [6.07, 6.45) is 0.791. The van der Waals surface area contributed by atoms with Crippen LogP contribution in [-0.2, 0) is 21.2 Å². The Morgan fingerprint density at radius 3 is 2.34 bits per heavy atom. The second-order valence-electron chi connectivity index (χ2n) is 10.8. The van der Waals surface area contributed by atoms with Crippen molar-refractivity contribution < 1.29 is 22.7 Å². The van der Waals surface area contributed by atoms with Gasteiger partial charge in [0.1, 0.15) is 18.4 Å². The average Bonchev–Trinajstić information content (AvgIpc) is 3.51. The summed E-state index contributed by atoms with van der Waals surface area (Å²) in [4.78, 5) is 29.3. The van der Waals surface area contributed by atoms with Crippen molar-refractivity contribution in [2.45, 2.75) is 19.0 Å². The Balaban J connectivity index is 1.27. The molecule has 5 rings (SSSR count). The molecule has 0 aromatic heterocycles. The minimum atomic E-state index is -2.93. The summed E-state index contributed by atoms with van der Waals surface area (Å²) in [7, 11) is -2.93. The molecule has 11 nitrogen and oxygen atoms in total. The third kappa shape index (κ3) is 8.21. The summed E-state index contributed by atoms with van der Waals surface area (Å²) in [6, 6.07) is 20.6. The normalized spacial score (nSPS) is 17.2. The summed E-state index contributed by atoms with van der Waals surface area (Å²) in [6.45, 7) is 3.50. The van der Waals surface area contributed by atoms with Crippen molar-refractivity contribution in [1.29, 1.82) is 0 Å². The number of rotatable bonds is 10. The van der Waals surface area contributed by atoms with Gasteiger partial charge in [0, 0.05) is 49.4 Å². The first kappa shape index (κ1) is 31.6. The van der Waals surface area contributed by atoms with E-state index < -0.39 is 21.9 Å². The number of nitrogen functional groups attached to an aromatic ring is 1. The number of hydrogen-bond donors (Lipinski definition) is 3. The molecule has 2 saturated heterocycles. The molecule has 2 aliphatic rings. The van der Waals surface area contributed by atoms with Crippen LogP contribution in [0.4, 0.5) is 16.2 Å². The van der Waals surface area contributed by atoms with Gasteiger partial charge in [-0.1, -0.05) is 36.4 Å². The standard InChI is InChI=1S/C31H37BrN6O5S/c32-27-4-1-2-5-28(27)37-14-3-15-38(37)30(39)29(35-31(40)34-22-23-6-10-25(33)11-7-23)24-8-12-26(13-9-24)43-19-16-36-17-20-44(41,42)21-18-36/h1-2,4-13,29H,3,14-22,33H2,(H2,34,35,40)/t29-/m0/s1. The lowest BCUT2D eigenvalue weighted by atomic mass is 10.1. The Hall–Kier alpha value is -3.81. The average molecular weight is 686 g/mol. The molecule has 2 fully saturated rings. The summed E-state index contributed by atoms with van der Waals surface area (Å²) >= 11 is 3.60. The van der Waals surface area contributed by atoms with Crippen molar-refractivity contribution >= 4 is 49.1 Å². The van der Waals surface area contributed by atoms with Gasteiger partial charge in [0.2, 0.25) is 0 Å². The Bertz CT molecular complexity index is 1540. The molecule has 1 atom stereocenters. The lowest BCUT2D eigenvalue weighted by Gasteiger charge is -2.33. The van der Waals surface area contributed by atoms with E-state index in [9.17, 15) is 18.0 Å². The van der Waals surface area contributed by atoms with Gasteiger partial charge in [0.25, 0.3) is 5.91 Å². The lowest BCUT2D eigenvalue weighted by Crippen LogP contribution is -2.49. The molecule has 0 unspecified atom stereocenters. The van der Waals surface area contributed by atoms with Crippen molar-refractivity contribution in [3.63, 3.8) is 0 Å². The predicted octanol–water partition coefficient (Wildman–Crippen LogP) is 3.33. The molecular formula is C31H37BrN6O5S. The fraction of sp³-hybridized carbons (Fsp3) is 0.355. The minimum Gasteiger partial charge on any atom is -0.492 e. The first-order valence-electron chi connectivity index (χ1n) is 14.6. The Morgan fingerprint density at radius 2 is 1.64 bits per heavy atom. The van der Waals surface area contributed by atoms with Crippen LogP contribution in [0.25, 0.3) is 0 Å². The monoisotopic (exact) mass is 684 g/mol. The lowest BCUT2D eigenvalue weighted by molar-refractivity contribution is -0.132. The van der Waals surface area contributed by atoms with Crippen LogP contribution in [0.15, 0.2) is 77.3 Å². The molecule has 0 bridgehead atoms. The number of urea groups is 1. The molecule has 0 saturated carbocycles. The summed E-state index contributed by atoms with van der Waals surface area (Å²) < 4.78 is 30.1. The zero-order chi connectivity index (χ0) is 31.1. The summed E-state index contributed by atoms with van der Waals surface area (Å²) in [5.74, 6) is 0.712. The van der Waals surface area contributed by atoms with Crippen LogP contribution in [0.3, 0.4) is 0 Å². The zero-order valence-corrected chi connectivity index (χ0v) is 26.7. The molecule has 4 N–H and O–H groups in total. The molecule has 234 valence electrons. The fourth-order valence-corrected chi connectivity index (χ4v) is 6.98. The van der Waals surface area contributed by atoms with Gasteiger partial charge >= 0.3 is 6.03 Å². The minimum absolute atomic E-state index is 0.174. The molecule has 44 heavy (non-hydrogen) atoms. The Kier molecular flexibility index (Phi) is 10.3. The van der Waals surface area contributed by atoms with E-state index in [0.717, 1.165) is 22.1 Å². The maximum atomic E-state index is 14.1. The highest BCUT2D eigenvalue weighted by molar-refractivity contribution is 9.10. The molecule has 0 spiro atoms. The van der Waals surface area contributed by atoms with Crippen LogP contribution in [0, 0.1) is 0 Å². The first-order valence-corrected chi connectivity index (χ1v) is 17.2. The van der Waals surface area contributed by atoms with Crippen molar-refractivity contribution in [2.24, 2.45) is 0 Å². The number of amides is 3. The highest BCUT2D eigenvalue weighted by Gasteiger charge is 2.34. The zero-order valence-electron chi connectivity index (χ0n) is 24.3. The van der Waals surface area contributed by atoms with Gasteiger partial charge in [-0.05, 0) is 69.9 Å². The molecule has 2 heterocycles. The van der Waals surface area contributed by atoms with Gasteiger partial charge in [0.05, 0.1) is 17.2 Å². The molecular weight excluding hydrogens is 648 g/mol. The number of nitrogens with two attached hydrogens (primary N) is 1. The maximum absolute atomic E-state index is 14.1. The number of para-hydroxylation sites is 1. The molecule has 2 aliphatic heterocycles. The number of sulfone groups is 1. The number of nitrogens with zero attached hydrogens (tertiary/aromatic N) is 3. The SMILES string of the molecule is Nc1ccc(CNC(=O)N[C@H](C(=O)N2CCCN2c2ccccc2Br)c2ccc(OCCN3CCS(=O)(=O)CC3)cc2)cc1. The van der Waals surface area contributed by atoms with Gasteiger partial charge in [0.15, 0.2) is 9.84 Å². The number of carbonyl (C=O) groups excluding carboxylic acids is 2. The third-order valence-electron chi connectivity index (χ3n) is 7.70. The second kappa shape index (κ2) is 14.3. The molecule has 0 aliphatic carbocycles. The van der Waals surface area contributed by atoms with Gasteiger partial charge < -0.3 is 21.1 Å². The van der Waals surface area contributed by atoms with Crippen molar-refractivity contribution in [1.82, 2.24) is 20.5 Å². The summed E-state index contributed by atoms with van der Waals surface area (Å²) in [5, 5.41) is 9.36. The number of ether oxygens (including phenoxy) is 1. The number of carbonyl (C=O) groups is 2. The number of halogens is 1. The van der Waals surface area contributed by atoms with Gasteiger partial charge in [-0.15, -0.1) is 0 Å². The number of hydrogen-bond acceptors (Lipinski definition) is 8. The van der Waals surface area contributed by atoms with Crippen molar-refractivity contribution in [3.8, 4) is 5.75 Å². The summed E-state index contributed by atoms with van der Waals surface area (Å²) in [5.41, 5.74) is 8.78. The number of hydrazine groups is 1. The van der Waals surface area contributed by atoms with Crippen LogP contribution < -0.4 is 26.1 Å². The number of nitrogens with one attached hydrogen (secondary N) is 2. The van der Waals surface area contributed by atoms with E-state index in [1.54, 1.807) is 41.4 Å². The molecule has 3 amide bonds. The molecule has 3 aromatic carbocycles. The van der Waals surface area contributed by atoms with Crippen LogP contribution in [0.5, 0.6) is 5.75 Å². The van der Waals surface area contributed by atoms with E-state index in [1.165, 1.54) is 0 Å². The first-order chi connectivity index (χ1) is 21.2. The van der Waals surface area contributed by atoms with Crippen molar-refractivity contribution in [2.75, 3.05) is 61.6 Å². The van der Waals surface area contributed by atoms with Crippen molar-refractivity contribution in [3.05, 3.63) is 88.4 Å². The van der Waals surface area contributed by atoms with Crippen LogP contribution in [-0.4, -0.2) is 81.1 Å². The maximum Gasteiger partial charge on any atom is 0.315 e. The molecule has 13 heteroatoms. The quantitative estimate of drug-likeness (QED) is 0.277. The van der Waals surface area contributed by atoms with Gasteiger partial charge in [-0.3, -0.25) is 19.7 Å². The predicted molar refractivity (Wildman–Crippen MR) is 174 cm³/mol. The van der Waals surface area contributed by atoms with Gasteiger partial charge in [-0.2, -0.15) is 0 Å². The van der Waals surface area contributed by atoms with E-state index in [1.807, 2.05) is 41.4 Å². The highest BCUT2D eigenvalue weighted by atomic mass is 79.9. The Labute approximate surface area is 266 Å². The van der Waals surface area contributed by atoms with E-state index in [0.29, 0.717) is 56.3 Å². The van der Waals surface area contributed by atoms with Crippen LogP contribution in [0.2, 0.25) is 0 Å². The topological polar surface area (TPSA) is 137 Å². The van der Waals surface area contributed by atoms with Crippen LogP contribution >= 0.6 is 15.9 Å². The second-order valence-corrected chi connectivity index (χ2v) is 14.0.